The molecule has 0 aliphatic carbocycles. The lowest BCUT2D eigenvalue weighted by molar-refractivity contribution is -0.470. The summed E-state index contributed by atoms with van der Waals surface area (Å²) < 4.78 is 44.6. The number of fused-ring (bicyclic) bond motifs is 1. The molecule has 0 bridgehead atoms. The van der Waals surface area contributed by atoms with Gasteiger partial charge in [-0.3, -0.25) is 0 Å². The van der Waals surface area contributed by atoms with E-state index in [-0.39, 0.29) is 11.3 Å². The molecule has 1 aliphatic rings. The van der Waals surface area contributed by atoms with Crippen LogP contribution in [0.4, 0.5) is 13.2 Å². The first-order valence-electron chi connectivity index (χ1n) is 7.82. The van der Waals surface area contributed by atoms with Gasteiger partial charge in [0.25, 0.3) is 0 Å². The lowest BCUT2D eigenvalue weighted by Gasteiger charge is -2.33. The number of alkyl halides is 3. The lowest BCUT2D eigenvalue weighted by Crippen LogP contribution is -2.45. The summed E-state index contributed by atoms with van der Waals surface area (Å²) >= 11 is 6.27. The van der Waals surface area contributed by atoms with Crippen LogP contribution >= 0.6 is 11.6 Å². The number of halogens is 4. The van der Waals surface area contributed by atoms with Gasteiger partial charge in [0.2, 0.25) is 6.10 Å². The van der Waals surface area contributed by atoms with E-state index in [1.54, 1.807) is 0 Å². The summed E-state index contributed by atoms with van der Waals surface area (Å²) in [4.78, 5) is 0. The van der Waals surface area contributed by atoms with Crippen LogP contribution in [0.2, 0.25) is 5.02 Å². The van der Waals surface area contributed by atoms with E-state index in [0.29, 0.717) is 17.0 Å². The number of ether oxygens (including phenoxy) is 1. The third-order valence-electron chi connectivity index (χ3n) is 4.27. The molecule has 0 spiro atoms. The van der Waals surface area contributed by atoms with Gasteiger partial charge < -0.3 is 14.9 Å². The molecule has 0 fully saturated rings. The Morgan fingerprint density at radius 3 is 2.54 bits per heavy atom. The summed E-state index contributed by atoms with van der Waals surface area (Å²) in [5, 5.41) is 20.7. The van der Waals surface area contributed by atoms with Gasteiger partial charge in [0.1, 0.15) is 5.75 Å². The van der Waals surface area contributed by atoms with Gasteiger partial charge in [0, 0.05) is 16.9 Å². The zero-order chi connectivity index (χ0) is 19.1. The Labute approximate surface area is 153 Å². The van der Waals surface area contributed by atoms with Gasteiger partial charge in [-0.25, -0.2) is 0 Å². The standard InChI is InChI=1S/C19H15ClF3O3/c1-10-4-2-3-5-11(10)6-12-9-16-13(8-15(12)20)7-14(18(24)25)17(26-16)19(21,22)23/h2-5,7-9,17-18,24H,6H2,1H3/q-1. The molecule has 1 N–H and O–H groups in total. The van der Waals surface area contributed by atoms with Crippen molar-refractivity contribution < 1.29 is 28.1 Å². The van der Waals surface area contributed by atoms with E-state index in [4.69, 9.17) is 21.4 Å². The minimum Gasteiger partial charge on any atom is -0.828 e. The van der Waals surface area contributed by atoms with Crippen LogP contribution in [0, 0.1) is 6.92 Å². The molecule has 0 aromatic heterocycles. The van der Waals surface area contributed by atoms with Gasteiger partial charge >= 0.3 is 6.18 Å². The summed E-state index contributed by atoms with van der Waals surface area (Å²) in [5.74, 6) is -0.0234. The van der Waals surface area contributed by atoms with Crippen LogP contribution in [0.3, 0.4) is 0 Å². The number of hydrogen-bond donors (Lipinski definition) is 1. The molecule has 0 radical (unpaired) electrons. The van der Waals surface area contributed by atoms with E-state index in [2.05, 4.69) is 0 Å². The first kappa shape index (κ1) is 18.8. The maximum atomic E-state index is 13.2. The quantitative estimate of drug-likeness (QED) is 0.823. The first-order chi connectivity index (χ1) is 12.2. The molecule has 3 rings (SSSR count). The summed E-state index contributed by atoms with van der Waals surface area (Å²) in [7, 11) is 0. The van der Waals surface area contributed by atoms with Crippen LogP contribution in [0.25, 0.3) is 6.08 Å². The van der Waals surface area contributed by atoms with Gasteiger partial charge in [0.15, 0.2) is 0 Å². The van der Waals surface area contributed by atoms with Crippen LogP contribution in [-0.2, 0) is 6.42 Å². The lowest BCUT2D eigenvalue weighted by atomic mass is 9.96. The average molecular weight is 384 g/mol. The van der Waals surface area contributed by atoms with Gasteiger partial charge in [-0.2, -0.15) is 13.2 Å². The van der Waals surface area contributed by atoms with Crippen molar-refractivity contribution in [1.82, 2.24) is 0 Å². The fourth-order valence-electron chi connectivity index (χ4n) is 2.88. The highest BCUT2D eigenvalue weighted by molar-refractivity contribution is 6.31. The molecule has 2 aromatic rings. The van der Waals surface area contributed by atoms with E-state index < -0.39 is 24.1 Å². The summed E-state index contributed by atoms with van der Waals surface area (Å²) in [6, 6.07) is 10.5. The zero-order valence-electron chi connectivity index (χ0n) is 13.7. The average Bonchev–Trinajstić information content (AvgIpc) is 2.55. The third kappa shape index (κ3) is 3.72. The number of aliphatic hydroxyl groups excluding tert-OH is 1. The highest BCUT2D eigenvalue weighted by Gasteiger charge is 2.46. The van der Waals surface area contributed by atoms with Crippen molar-refractivity contribution in [3.8, 4) is 5.75 Å². The second-order valence-corrected chi connectivity index (χ2v) is 6.53. The molecule has 7 heteroatoms. The summed E-state index contributed by atoms with van der Waals surface area (Å²) in [6.07, 6.45) is -8.39. The SMILES string of the molecule is Cc1ccccc1Cc1cc2c(cc1Cl)C=C(C([O-])O)C(C(F)(F)F)O2. The molecular weight excluding hydrogens is 369 g/mol. The largest absolute Gasteiger partial charge is 0.828 e. The van der Waals surface area contributed by atoms with Crippen molar-refractivity contribution in [2.24, 2.45) is 0 Å². The Kier molecular flexibility index (Phi) is 5.01. The minimum absolute atomic E-state index is 0.0234. The van der Waals surface area contributed by atoms with Crippen molar-refractivity contribution in [2.45, 2.75) is 31.9 Å². The van der Waals surface area contributed by atoms with Crippen LogP contribution in [0.5, 0.6) is 5.75 Å². The molecule has 2 aromatic carbocycles. The normalized spacial score (nSPS) is 18.0. The number of hydrogen-bond acceptors (Lipinski definition) is 3. The molecule has 0 amide bonds. The molecule has 1 aliphatic heterocycles. The number of aliphatic hydroxyl groups is 1. The van der Waals surface area contributed by atoms with Crippen molar-refractivity contribution in [2.75, 3.05) is 0 Å². The van der Waals surface area contributed by atoms with Gasteiger partial charge in [-0.15, -0.1) is 0 Å². The highest BCUT2D eigenvalue weighted by atomic mass is 35.5. The third-order valence-corrected chi connectivity index (χ3v) is 4.63. The van der Waals surface area contributed by atoms with Crippen LogP contribution in [0.15, 0.2) is 42.0 Å². The van der Waals surface area contributed by atoms with Crippen LogP contribution < -0.4 is 9.84 Å². The topological polar surface area (TPSA) is 52.5 Å². The van der Waals surface area contributed by atoms with E-state index in [0.717, 1.165) is 17.2 Å². The molecule has 2 atom stereocenters. The maximum absolute atomic E-state index is 13.2. The predicted octanol–water partition coefficient (Wildman–Crippen LogP) is 3.62. The van der Waals surface area contributed by atoms with Gasteiger partial charge in [-0.05, 0) is 53.8 Å². The van der Waals surface area contributed by atoms with Crippen molar-refractivity contribution in [3.05, 3.63) is 69.2 Å². The minimum atomic E-state index is -4.81. The number of rotatable bonds is 3. The Bertz CT molecular complexity index is 860. The molecule has 138 valence electrons. The first-order valence-corrected chi connectivity index (χ1v) is 8.20. The predicted molar refractivity (Wildman–Crippen MR) is 89.9 cm³/mol. The van der Waals surface area contributed by atoms with Crippen molar-refractivity contribution in [1.29, 1.82) is 0 Å². The van der Waals surface area contributed by atoms with Crippen LogP contribution in [-0.4, -0.2) is 23.7 Å². The zero-order valence-corrected chi connectivity index (χ0v) is 14.4. The maximum Gasteiger partial charge on any atom is 0.429 e. The number of aryl methyl sites for hydroxylation is 1. The second kappa shape index (κ2) is 6.95. The molecule has 3 nitrogen and oxygen atoms in total. The Balaban J connectivity index is 2.02. The highest BCUT2D eigenvalue weighted by Crippen LogP contribution is 2.40. The molecular formula is C19H15ClF3O3-. The Morgan fingerprint density at radius 2 is 1.92 bits per heavy atom. The smallest absolute Gasteiger partial charge is 0.429 e. The Hall–Kier alpha value is -2.02. The molecule has 0 saturated heterocycles. The Morgan fingerprint density at radius 1 is 1.23 bits per heavy atom. The molecule has 26 heavy (non-hydrogen) atoms. The summed E-state index contributed by atoms with van der Waals surface area (Å²) in [5.41, 5.74) is 2.08. The van der Waals surface area contributed by atoms with E-state index in [9.17, 15) is 18.3 Å². The van der Waals surface area contributed by atoms with Gasteiger partial charge in [-0.1, -0.05) is 35.9 Å². The number of benzene rings is 2. The van der Waals surface area contributed by atoms with Crippen molar-refractivity contribution in [3.63, 3.8) is 0 Å². The molecule has 0 saturated carbocycles. The monoisotopic (exact) mass is 383 g/mol. The van der Waals surface area contributed by atoms with E-state index >= 15 is 0 Å². The van der Waals surface area contributed by atoms with Crippen molar-refractivity contribution >= 4 is 17.7 Å². The van der Waals surface area contributed by atoms with E-state index in [1.165, 1.54) is 12.1 Å². The van der Waals surface area contributed by atoms with Gasteiger partial charge in [0.05, 0.1) is 0 Å². The fourth-order valence-corrected chi connectivity index (χ4v) is 3.12. The molecule has 2 unspecified atom stereocenters. The second-order valence-electron chi connectivity index (χ2n) is 6.12. The molecule has 1 heterocycles. The van der Waals surface area contributed by atoms with Crippen LogP contribution in [0.1, 0.15) is 22.3 Å². The van der Waals surface area contributed by atoms with E-state index in [1.807, 2.05) is 31.2 Å². The fraction of sp³-hybridized carbons (Fsp3) is 0.263. The summed E-state index contributed by atoms with van der Waals surface area (Å²) in [6.45, 7) is 1.93.